The van der Waals surface area contributed by atoms with Crippen LogP contribution in [-0.2, 0) is 4.74 Å². The van der Waals surface area contributed by atoms with Crippen LogP contribution >= 0.6 is 11.3 Å². The molecule has 0 aliphatic heterocycles. The van der Waals surface area contributed by atoms with Gasteiger partial charge in [-0.05, 0) is 26.3 Å². The fourth-order valence-electron chi connectivity index (χ4n) is 1.84. The minimum Gasteiger partial charge on any atom is -0.385 e. The number of nitrogens with zero attached hydrogens (tertiary/aromatic N) is 2. The molecule has 0 saturated carbocycles. The summed E-state index contributed by atoms with van der Waals surface area (Å²) in [6, 6.07) is 2.13. The summed E-state index contributed by atoms with van der Waals surface area (Å²) < 4.78 is 5.05. The lowest BCUT2D eigenvalue weighted by Gasteiger charge is -2.09. The molecule has 5 nitrogen and oxygen atoms in total. The maximum Gasteiger partial charge on any atom is 0.226 e. The highest BCUT2D eigenvalue weighted by molar-refractivity contribution is 7.18. The van der Waals surface area contributed by atoms with Crippen LogP contribution in [-0.4, -0.2) is 36.8 Å². The molecular weight excluding hydrogens is 260 g/mol. The summed E-state index contributed by atoms with van der Waals surface area (Å²) in [7, 11) is 1.72. The molecule has 19 heavy (non-hydrogen) atoms. The van der Waals surface area contributed by atoms with E-state index in [1.807, 2.05) is 6.92 Å². The SMILES string of the molecule is CCNc1nc(NCCCOC)c2cc(C)sc2n1. The number of rotatable bonds is 7. The van der Waals surface area contributed by atoms with Crippen LogP contribution in [0, 0.1) is 6.92 Å². The molecule has 0 aromatic carbocycles. The molecule has 0 saturated heterocycles. The quantitative estimate of drug-likeness (QED) is 0.764. The van der Waals surface area contributed by atoms with Crippen LogP contribution < -0.4 is 10.6 Å². The molecule has 0 atom stereocenters. The van der Waals surface area contributed by atoms with Gasteiger partial charge in [-0.1, -0.05) is 0 Å². The Labute approximate surface area is 117 Å². The number of hydrogen-bond donors (Lipinski definition) is 2. The largest absolute Gasteiger partial charge is 0.385 e. The molecule has 104 valence electrons. The smallest absolute Gasteiger partial charge is 0.226 e. The second-order valence-corrected chi connectivity index (χ2v) is 5.51. The van der Waals surface area contributed by atoms with Crippen LogP contribution in [0.4, 0.5) is 11.8 Å². The van der Waals surface area contributed by atoms with E-state index in [1.165, 1.54) is 4.88 Å². The van der Waals surface area contributed by atoms with E-state index >= 15 is 0 Å². The normalized spacial score (nSPS) is 10.9. The Hall–Kier alpha value is -1.40. The second-order valence-electron chi connectivity index (χ2n) is 4.28. The Morgan fingerprint density at radius 1 is 1.32 bits per heavy atom. The number of methoxy groups -OCH3 is 1. The molecule has 0 aliphatic carbocycles. The minimum absolute atomic E-state index is 0.686. The molecule has 0 aliphatic rings. The number of fused-ring (bicyclic) bond motifs is 1. The third kappa shape index (κ3) is 3.54. The molecule has 2 aromatic rings. The van der Waals surface area contributed by atoms with Gasteiger partial charge in [-0.2, -0.15) is 4.98 Å². The number of thiophene rings is 1. The van der Waals surface area contributed by atoms with Crippen LogP contribution in [0.1, 0.15) is 18.2 Å². The summed E-state index contributed by atoms with van der Waals surface area (Å²) in [6.07, 6.45) is 0.960. The second kappa shape index (κ2) is 6.68. The van der Waals surface area contributed by atoms with Crippen molar-refractivity contribution in [2.75, 3.05) is 37.4 Å². The van der Waals surface area contributed by atoms with Crippen molar-refractivity contribution in [2.45, 2.75) is 20.3 Å². The summed E-state index contributed by atoms with van der Waals surface area (Å²) in [5.74, 6) is 1.59. The lowest BCUT2D eigenvalue weighted by atomic mass is 10.3. The molecular formula is C13H20N4OS. The van der Waals surface area contributed by atoms with E-state index in [9.17, 15) is 0 Å². The third-order valence-corrected chi connectivity index (χ3v) is 3.61. The van der Waals surface area contributed by atoms with Gasteiger partial charge in [0.1, 0.15) is 10.6 Å². The first kappa shape index (κ1) is 14.0. The topological polar surface area (TPSA) is 59.1 Å². The fraction of sp³-hybridized carbons (Fsp3) is 0.538. The first-order chi connectivity index (χ1) is 9.24. The average Bonchev–Trinajstić information content (AvgIpc) is 2.75. The van der Waals surface area contributed by atoms with Crippen LogP contribution in [0.2, 0.25) is 0 Å². The third-order valence-electron chi connectivity index (χ3n) is 2.67. The highest BCUT2D eigenvalue weighted by Crippen LogP contribution is 2.29. The summed E-state index contributed by atoms with van der Waals surface area (Å²) in [6.45, 7) is 6.55. The molecule has 2 heterocycles. The number of aryl methyl sites for hydroxylation is 1. The molecule has 0 unspecified atom stereocenters. The summed E-state index contributed by atoms with van der Waals surface area (Å²) in [5, 5.41) is 7.64. The molecule has 0 radical (unpaired) electrons. The summed E-state index contributed by atoms with van der Waals surface area (Å²) in [4.78, 5) is 11.3. The van der Waals surface area contributed by atoms with E-state index in [4.69, 9.17) is 4.74 Å². The van der Waals surface area contributed by atoms with Crippen molar-refractivity contribution in [1.29, 1.82) is 0 Å². The zero-order valence-electron chi connectivity index (χ0n) is 11.6. The highest BCUT2D eigenvalue weighted by Gasteiger charge is 2.09. The van der Waals surface area contributed by atoms with E-state index in [2.05, 4.69) is 33.6 Å². The van der Waals surface area contributed by atoms with Crippen molar-refractivity contribution in [1.82, 2.24) is 9.97 Å². The van der Waals surface area contributed by atoms with Gasteiger partial charge in [0, 0.05) is 31.7 Å². The zero-order valence-corrected chi connectivity index (χ0v) is 12.4. The van der Waals surface area contributed by atoms with Crippen LogP contribution in [0.25, 0.3) is 10.2 Å². The van der Waals surface area contributed by atoms with Gasteiger partial charge in [0.2, 0.25) is 5.95 Å². The van der Waals surface area contributed by atoms with Crippen LogP contribution in [0.3, 0.4) is 0 Å². The minimum atomic E-state index is 0.686. The van der Waals surface area contributed by atoms with Crippen molar-refractivity contribution in [3.8, 4) is 0 Å². The first-order valence-corrected chi connectivity index (χ1v) is 7.31. The molecule has 0 fully saturated rings. The van der Waals surface area contributed by atoms with Gasteiger partial charge < -0.3 is 15.4 Å². The molecule has 2 N–H and O–H groups in total. The molecule has 0 spiro atoms. The maximum absolute atomic E-state index is 5.05. The van der Waals surface area contributed by atoms with E-state index in [1.54, 1.807) is 18.4 Å². The first-order valence-electron chi connectivity index (χ1n) is 6.49. The van der Waals surface area contributed by atoms with Crippen molar-refractivity contribution in [3.63, 3.8) is 0 Å². The van der Waals surface area contributed by atoms with Crippen LogP contribution in [0.5, 0.6) is 0 Å². The van der Waals surface area contributed by atoms with Crippen molar-refractivity contribution in [2.24, 2.45) is 0 Å². The number of hydrogen-bond acceptors (Lipinski definition) is 6. The van der Waals surface area contributed by atoms with Gasteiger partial charge in [0.05, 0.1) is 5.39 Å². The Kier molecular flexibility index (Phi) is 4.93. The van der Waals surface area contributed by atoms with E-state index < -0.39 is 0 Å². The van der Waals surface area contributed by atoms with E-state index in [-0.39, 0.29) is 0 Å². The molecule has 0 bridgehead atoms. The lowest BCUT2D eigenvalue weighted by Crippen LogP contribution is -2.09. The monoisotopic (exact) mass is 280 g/mol. The summed E-state index contributed by atoms with van der Waals surface area (Å²) in [5.41, 5.74) is 0. The maximum atomic E-state index is 5.05. The van der Waals surface area contributed by atoms with Crippen molar-refractivity contribution in [3.05, 3.63) is 10.9 Å². The Morgan fingerprint density at radius 3 is 2.89 bits per heavy atom. The van der Waals surface area contributed by atoms with Gasteiger partial charge in [-0.15, -0.1) is 11.3 Å². The highest BCUT2D eigenvalue weighted by atomic mass is 32.1. The predicted octanol–water partition coefficient (Wildman–Crippen LogP) is 2.88. The standard InChI is InChI=1S/C13H20N4OS/c1-4-14-13-16-11(15-6-5-7-18-3)10-8-9(2)19-12(10)17-13/h8H,4-7H2,1-3H3,(H2,14,15,16,17). The van der Waals surface area contributed by atoms with Gasteiger partial charge in [0.25, 0.3) is 0 Å². The van der Waals surface area contributed by atoms with Crippen LogP contribution in [0.15, 0.2) is 6.07 Å². The average molecular weight is 280 g/mol. The van der Waals surface area contributed by atoms with Gasteiger partial charge >= 0.3 is 0 Å². The summed E-state index contributed by atoms with van der Waals surface area (Å²) >= 11 is 1.69. The number of aromatic nitrogens is 2. The van der Waals surface area contributed by atoms with Gasteiger partial charge in [0.15, 0.2) is 0 Å². The van der Waals surface area contributed by atoms with Crippen molar-refractivity contribution >= 4 is 33.3 Å². The number of ether oxygens (including phenoxy) is 1. The zero-order chi connectivity index (χ0) is 13.7. The van der Waals surface area contributed by atoms with Gasteiger partial charge in [-0.3, -0.25) is 0 Å². The fourth-order valence-corrected chi connectivity index (χ4v) is 2.72. The van der Waals surface area contributed by atoms with Gasteiger partial charge in [-0.25, -0.2) is 4.98 Å². The van der Waals surface area contributed by atoms with E-state index in [0.29, 0.717) is 5.95 Å². The molecule has 2 rings (SSSR count). The Morgan fingerprint density at radius 2 is 2.16 bits per heavy atom. The molecule has 0 amide bonds. The molecule has 6 heteroatoms. The Balaban J connectivity index is 2.22. The number of anilines is 2. The van der Waals surface area contributed by atoms with E-state index in [0.717, 1.165) is 42.2 Å². The number of nitrogens with one attached hydrogen (secondary N) is 2. The molecule has 2 aromatic heterocycles. The van der Waals surface area contributed by atoms with Crippen molar-refractivity contribution < 1.29 is 4.74 Å². The lowest BCUT2D eigenvalue weighted by molar-refractivity contribution is 0.198. The Bertz CT molecular complexity index is 541. The predicted molar refractivity (Wildman–Crippen MR) is 81.3 cm³/mol.